The fraction of sp³-hybridized carbons (Fsp3) is 0.222. The molecule has 1 aliphatic rings. The van der Waals surface area contributed by atoms with Gasteiger partial charge in [-0.15, -0.1) is 11.3 Å². The molecular formula is C18H15NO3S. The highest BCUT2D eigenvalue weighted by molar-refractivity contribution is 7.10. The summed E-state index contributed by atoms with van der Waals surface area (Å²) < 4.78 is 5.24. The van der Waals surface area contributed by atoms with Crippen LogP contribution in [0.5, 0.6) is 0 Å². The minimum Gasteiger partial charge on any atom is -0.373 e. The van der Waals surface area contributed by atoms with Crippen molar-refractivity contribution in [3.05, 3.63) is 63.2 Å². The predicted octanol–water partition coefficient (Wildman–Crippen LogP) is 3.38. The van der Waals surface area contributed by atoms with Crippen molar-refractivity contribution in [3.63, 3.8) is 0 Å². The topological polar surface area (TPSA) is 63.3 Å². The third kappa shape index (κ3) is 1.93. The van der Waals surface area contributed by atoms with Crippen molar-refractivity contribution in [2.24, 2.45) is 0 Å². The smallest absolute Gasteiger partial charge is 0.183 e. The summed E-state index contributed by atoms with van der Waals surface area (Å²) >= 11 is 1.39. The molecule has 23 heavy (non-hydrogen) atoms. The van der Waals surface area contributed by atoms with Gasteiger partial charge in [-0.25, -0.2) is 0 Å². The van der Waals surface area contributed by atoms with Gasteiger partial charge in [0, 0.05) is 22.4 Å². The van der Waals surface area contributed by atoms with Gasteiger partial charge in [-0.05, 0) is 42.5 Å². The molecule has 0 saturated carbocycles. The SMILES string of the molecule is Cc1noc(C)c1-c1ccc2c(c1)C(O)(c1cccs1)C(=O)C2. The number of carbonyl (C=O) groups is 1. The molecule has 1 N–H and O–H groups in total. The summed E-state index contributed by atoms with van der Waals surface area (Å²) in [6, 6.07) is 9.42. The molecule has 0 radical (unpaired) electrons. The molecule has 1 aliphatic carbocycles. The van der Waals surface area contributed by atoms with Crippen molar-refractivity contribution in [1.29, 1.82) is 0 Å². The predicted molar refractivity (Wildman–Crippen MR) is 87.4 cm³/mol. The lowest BCUT2D eigenvalue weighted by molar-refractivity contribution is -0.131. The molecule has 1 unspecified atom stereocenters. The molecule has 2 heterocycles. The summed E-state index contributed by atoms with van der Waals surface area (Å²) in [4.78, 5) is 13.2. The second kappa shape index (κ2) is 4.88. The lowest BCUT2D eigenvalue weighted by atomic mass is 9.90. The molecule has 4 rings (SSSR count). The van der Waals surface area contributed by atoms with Crippen LogP contribution in [0.15, 0.2) is 40.2 Å². The van der Waals surface area contributed by atoms with E-state index in [9.17, 15) is 9.90 Å². The van der Waals surface area contributed by atoms with Crippen molar-refractivity contribution in [2.45, 2.75) is 25.9 Å². The fourth-order valence-corrected chi connectivity index (χ4v) is 4.18. The molecule has 4 nitrogen and oxygen atoms in total. The Balaban J connectivity index is 1.93. The van der Waals surface area contributed by atoms with Crippen LogP contribution >= 0.6 is 11.3 Å². The molecule has 116 valence electrons. The first-order valence-corrected chi connectivity index (χ1v) is 8.26. The summed E-state index contributed by atoms with van der Waals surface area (Å²) in [6.07, 6.45) is 0.256. The number of aromatic nitrogens is 1. The Hall–Kier alpha value is -2.24. The average molecular weight is 325 g/mol. The van der Waals surface area contributed by atoms with Gasteiger partial charge in [-0.2, -0.15) is 0 Å². The number of aryl methyl sites for hydroxylation is 2. The quantitative estimate of drug-likeness (QED) is 0.784. The van der Waals surface area contributed by atoms with E-state index in [4.69, 9.17) is 4.52 Å². The van der Waals surface area contributed by atoms with Gasteiger partial charge < -0.3 is 9.63 Å². The van der Waals surface area contributed by atoms with E-state index in [0.717, 1.165) is 28.1 Å². The second-order valence-corrected chi connectivity index (χ2v) is 6.81. The first kappa shape index (κ1) is 14.4. The lowest BCUT2D eigenvalue weighted by Crippen LogP contribution is -2.32. The minimum atomic E-state index is -1.54. The van der Waals surface area contributed by atoms with Crippen LogP contribution < -0.4 is 0 Å². The zero-order valence-electron chi connectivity index (χ0n) is 12.8. The highest BCUT2D eigenvalue weighted by Gasteiger charge is 2.47. The Kier molecular flexibility index (Phi) is 3.04. The Bertz CT molecular complexity index is 891. The maximum Gasteiger partial charge on any atom is 0.183 e. The highest BCUT2D eigenvalue weighted by atomic mass is 32.1. The molecule has 0 saturated heterocycles. The molecule has 0 fully saturated rings. The molecule has 3 aromatic rings. The van der Waals surface area contributed by atoms with Gasteiger partial charge in [0.05, 0.1) is 5.69 Å². The van der Waals surface area contributed by atoms with Crippen LogP contribution in [-0.4, -0.2) is 16.0 Å². The molecule has 0 spiro atoms. The van der Waals surface area contributed by atoms with E-state index in [0.29, 0.717) is 10.4 Å². The zero-order valence-corrected chi connectivity index (χ0v) is 13.6. The van der Waals surface area contributed by atoms with Crippen LogP contribution in [0.25, 0.3) is 11.1 Å². The Labute approximate surface area is 137 Å². The molecule has 5 heteroatoms. The van der Waals surface area contributed by atoms with Gasteiger partial charge in [0.15, 0.2) is 11.4 Å². The summed E-state index contributed by atoms with van der Waals surface area (Å²) in [5.41, 5.74) is 2.62. The number of Topliss-reactive ketones (excluding diaryl/α,β-unsaturated/α-hetero) is 1. The number of hydrogen-bond donors (Lipinski definition) is 1. The van der Waals surface area contributed by atoms with Gasteiger partial charge in [-0.3, -0.25) is 4.79 Å². The van der Waals surface area contributed by atoms with E-state index in [1.165, 1.54) is 11.3 Å². The number of thiophene rings is 1. The number of carbonyl (C=O) groups excluding carboxylic acids is 1. The molecule has 0 bridgehead atoms. The first-order chi connectivity index (χ1) is 11.0. The number of ketones is 1. The van der Waals surface area contributed by atoms with Crippen molar-refractivity contribution in [1.82, 2.24) is 5.16 Å². The largest absolute Gasteiger partial charge is 0.373 e. The summed E-state index contributed by atoms with van der Waals surface area (Å²) in [6.45, 7) is 3.74. The van der Waals surface area contributed by atoms with E-state index in [2.05, 4.69) is 5.16 Å². The number of nitrogens with zero attached hydrogens (tertiary/aromatic N) is 1. The third-order valence-corrected chi connectivity index (χ3v) is 5.43. The molecule has 1 atom stereocenters. The Morgan fingerprint density at radius 1 is 1.30 bits per heavy atom. The summed E-state index contributed by atoms with van der Waals surface area (Å²) in [5, 5.41) is 17.0. The number of fused-ring (bicyclic) bond motifs is 1. The van der Waals surface area contributed by atoms with Crippen molar-refractivity contribution >= 4 is 17.1 Å². The van der Waals surface area contributed by atoms with Crippen LogP contribution in [0.1, 0.15) is 27.5 Å². The number of aliphatic hydroxyl groups is 1. The van der Waals surface area contributed by atoms with Crippen molar-refractivity contribution in [2.75, 3.05) is 0 Å². The standard InChI is InChI=1S/C18H15NO3S/c1-10-17(11(2)22-19-10)13-6-5-12-9-15(20)18(21,14(12)8-13)16-4-3-7-23-16/h3-8,21H,9H2,1-2H3. The Morgan fingerprint density at radius 3 is 2.78 bits per heavy atom. The lowest BCUT2D eigenvalue weighted by Gasteiger charge is -2.21. The van der Waals surface area contributed by atoms with E-state index in [-0.39, 0.29) is 12.2 Å². The molecule has 0 amide bonds. The second-order valence-electron chi connectivity index (χ2n) is 5.86. The average Bonchev–Trinajstić information content (AvgIpc) is 3.22. The maximum absolute atomic E-state index is 12.5. The molecule has 2 aromatic heterocycles. The highest BCUT2D eigenvalue weighted by Crippen LogP contribution is 2.43. The summed E-state index contributed by atoms with van der Waals surface area (Å²) in [7, 11) is 0. The van der Waals surface area contributed by atoms with E-state index >= 15 is 0 Å². The number of benzene rings is 1. The normalized spacial score (nSPS) is 20.0. The van der Waals surface area contributed by atoms with E-state index < -0.39 is 5.60 Å². The summed E-state index contributed by atoms with van der Waals surface area (Å²) in [5.74, 6) is 0.553. The molecular weight excluding hydrogens is 310 g/mol. The zero-order chi connectivity index (χ0) is 16.2. The minimum absolute atomic E-state index is 0.175. The van der Waals surface area contributed by atoms with Crippen LogP contribution in [0.4, 0.5) is 0 Å². The number of rotatable bonds is 2. The Morgan fingerprint density at radius 2 is 2.13 bits per heavy atom. The first-order valence-electron chi connectivity index (χ1n) is 7.38. The van der Waals surface area contributed by atoms with Gasteiger partial charge in [0.25, 0.3) is 0 Å². The van der Waals surface area contributed by atoms with Gasteiger partial charge in [-0.1, -0.05) is 23.4 Å². The van der Waals surface area contributed by atoms with Crippen LogP contribution in [0.2, 0.25) is 0 Å². The number of hydrogen-bond acceptors (Lipinski definition) is 5. The van der Waals surface area contributed by atoms with Gasteiger partial charge in [0.1, 0.15) is 5.76 Å². The maximum atomic E-state index is 12.5. The third-order valence-electron chi connectivity index (χ3n) is 4.45. The molecule has 0 aliphatic heterocycles. The van der Waals surface area contributed by atoms with Crippen LogP contribution in [0.3, 0.4) is 0 Å². The van der Waals surface area contributed by atoms with Crippen LogP contribution in [0, 0.1) is 13.8 Å². The van der Waals surface area contributed by atoms with E-state index in [1.807, 2.05) is 43.5 Å². The van der Waals surface area contributed by atoms with Crippen molar-refractivity contribution < 1.29 is 14.4 Å². The monoisotopic (exact) mass is 325 g/mol. The van der Waals surface area contributed by atoms with Crippen molar-refractivity contribution in [3.8, 4) is 11.1 Å². The van der Waals surface area contributed by atoms with Crippen LogP contribution in [-0.2, 0) is 16.8 Å². The fourth-order valence-electron chi connectivity index (χ4n) is 3.32. The van der Waals surface area contributed by atoms with Gasteiger partial charge >= 0.3 is 0 Å². The van der Waals surface area contributed by atoms with E-state index in [1.54, 1.807) is 6.07 Å². The van der Waals surface area contributed by atoms with Gasteiger partial charge in [0.2, 0.25) is 0 Å². The molecule has 1 aromatic carbocycles.